The van der Waals surface area contributed by atoms with E-state index in [9.17, 15) is 18.0 Å². The second kappa shape index (κ2) is 12.2. The minimum Gasteiger partial charge on any atom is -0.476 e. The maximum atomic E-state index is 13.9. The number of pyridine rings is 1. The van der Waals surface area contributed by atoms with E-state index in [0.29, 0.717) is 28.8 Å². The number of carbonyl (C=O) groups is 1. The van der Waals surface area contributed by atoms with Gasteiger partial charge in [-0.25, -0.2) is 4.98 Å². The van der Waals surface area contributed by atoms with Crippen molar-refractivity contribution in [3.63, 3.8) is 0 Å². The van der Waals surface area contributed by atoms with Crippen molar-refractivity contribution in [1.82, 2.24) is 15.3 Å². The summed E-state index contributed by atoms with van der Waals surface area (Å²) in [7, 11) is 0. The third-order valence-electron chi connectivity index (χ3n) is 6.27. The summed E-state index contributed by atoms with van der Waals surface area (Å²) in [6.45, 7) is 4.47. The van der Waals surface area contributed by atoms with Gasteiger partial charge in [-0.05, 0) is 71.3 Å². The Morgan fingerprint density at radius 3 is 2.45 bits per heavy atom. The number of H-pyrrole nitrogens is 1. The fraction of sp³-hybridized carbons (Fsp3) is 0.226. The van der Waals surface area contributed by atoms with Crippen LogP contribution in [0.5, 0.6) is 5.88 Å². The summed E-state index contributed by atoms with van der Waals surface area (Å²) in [6.07, 6.45) is 0.608. The molecule has 9 heteroatoms. The molecule has 40 heavy (non-hydrogen) atoms. The van der Waals surface area contributed by atoms with Crippen LogP contribution in [-0.4, -0.2) is 40.7 Å². The number of nitrogens with two attached hydrogens (primary N) is 1. The van der Waals surface area contributed by atoms with Gasteiger partial charge >= 0.3 is 6.18 Å². The van der Waals surface area contributed by atoms with Gasteiger partial charge in [-0.2, -0.15) is 13.2 Å². The molecule has 2 aromatic heterocycles. The van der Waals surface area contributed by atoms with E-state index in [0.717, 1.165) is 10.9 Å². The molecule has 0 radical (unpaired) electrons. The van der Waals surface area contributed by atoms with Crippen LogP contribution in [-0.2, 0) is 4.79 Å². The Kier molecular flexibility index (Phi) is 8.74. The van der Waals surface area contributed by atoms with Gasteiger partial charge in [-0.3, -0.25) is 4.79 Å². The predicted molar refractivity (Wildman–Crippen MR) is 151 cm³/mol. The van der Waals surface area contributed by atoms with E-state index in [4.69, 9.17) is 10.5 Å². The Bertz CT molecular complexity index is 1510. The second-order valence-corrected chi connectivity index (χ2v) is 9.91. The smallest absolute Gasteiger partial charge is 0.393 e. The maximum Gasteiger partial charge on any atom is 0.393 e. The number of ether oxygens (including phenoxy) is 1. The van der Waals surface area contributed by atoms with E-state index in [1.807, 2.05) is 68.4 Å². The van der Waals surface area contributed by atoms with Crippen LogP contribution in [0, 0.1) is 0 Å². The van der Waals surface area contributed by atoms with Gasteiger partial charge in [0.1, 0.15) is 6.61 Å². The zero-order chi connectivity index (χ0) is 28.8. The van der Waals surface area contributed by atoms with Gasteiger partial charge < -0.3 is 20.8 Å². The van der Waals surface area contributed by atoms with Crippen molar-refractivity contribution in [2.24, 2.45) is 5.73 Å². The molecule has 4 rings (SSSR count). The van der Waals surface area contributed by atoms with Crippen molar-refractivity contribution < 1.29 is 22.7 Å². The third kappa shape index (κ3) is 7.83. The van der Waals surface area contributed by atoms with Gasteiger partial charge in [-0.15, -0.1) is 0 Å². The van der Waals surface area contributed by atoms with Crippen LogP contribution in [0.4, 0.5) is 13.2 Å². The van der Waals surface area contributed by atoms with Crippen molar-refractivity contribution in [3.05, 3.63) is 108 Å². The Hall–Kier alpha value is -4.37. The van der Waals surface area contributed by atoms with Gasteiger partial charge in [-0.1, -0.05) is 42.5 Å². The highest BCUT2D eigenvalue weighted by molar-refractivity contribution is 6.00. The third-order valence-corrected chi connectivity index (χ3v) is 6.27. The minimum absolute atomic E-state index is 0.122. The summed E-state index contributed by atoms with van der Waals surface area (Å²) >= 11 is 0. The van der Waals surface area contributed by atoms with Gasteiger partial charge in [0.05, 0.1) is 6.42 Å². The average molecular weight is 549 g/mol. The molecule has 0 aliphatic rings. The van der Waals surface area contributed by atoms with E-state index in [1.165, 1.54) is 12.3 Å². The summed E-state index contributed by atoms with van der Waals surface area (Å²) < 4.78 is 47.5. The summed E-state index contributed by atoms with van der Waals surface area (Å²) in [5.41, 5.74) is 7.89. The highest BCUT2D eigenvalue weighted by Crippen LogP contribution is 2.40. The Labute approximate surface area is 230 Å². The fourth-order valence-corrected chi connectivity index (χ4v) is 4.39. The van der Waals surface area contributed by atoms with Crippen molar-refractivity contribution >= 4 is 28.0 Å². The summed E-state index contributed by atoms with van der Waals surface area (Å²) in [4.78, 5) is 18.4. The van der Waals surface area contributed by atoms with E-state index < -0.39 is 24.0 Å². The van der Waals surface area contributed by atoms with Crippen LogP contribution < -0.4 is 15.8 Å². The number of primary amides is 1. The molecular formula is C31H31F3N4O2. The zero-order valence-corrected chi connectivity index (χ0v) is 22.3. The SMILES string of the molecule is CC(C)(C=CC(N)=O)NCCOc1ccc(/C(CC(F)(F)F)=C(\c2ccccc2)c2ccc3[nH]ccc3c2)cn1. The number of aromatic amines is 1. The molecule has 4 aromatic rings. The van der Waals surface area contributed by atoms with E-state index in [-0.39, 0.29) is 18.1 Å². The first kappa shape index (κ1) is 28.6. The van der Waals surface area contributed by atoms with Crippen LogP contribution in [0.25, 0.3) is 22.0 Å². The van der Waals surface area contributed by atoms with Crippen molar-refractivity contribution in [2.75, 3.05) is 13.2 Å². The monoisotopic (exact) mass is 548 g/mol. The molecule has 0 atom stereocenters. The van der Waals surface area contributed by atoms with Crippen LogP contribution in [0.2, 0.25) is 0 Å². The highest BCUT2D eigenvalue weighted by atomic mass is 19.4. The first-order valence-corrected chi connectivity index (χ1v) is 12.8. The number of carbonyl (C=O) groups excluding carboxylic acids is 1. The van der Waals surface area contributed by atoms with E-state index in [1.54, 1.807) is 24.4 Å². The molecule has 0 bridgehead atoms. The molecule has 2 aromatic carbocycles. The van der Waals surface area contributed by atoms with Crippen molar-refractivity contribution in [1.29, 1.82) is 0 Å². The van der Waals surface area contributed by atoms with Crippen LogP contribution in [0.1, 0.15) is 37.0 Å². The number of benzene rings is 2. The first-order valence-electron chi connectivity index (χ1n) is 12.8. The molecule has 4 N–H and O–H groups in total. The number of nitrogens with zero attached hydrogens (tertiary/aromatic N) is 1. The quantitative estimate of drug-likeness (QED) is 0.152. The topological polar surface area (TPSA) is 93.0 Å². The highest BCUT2D eigenvalue weighted by Gasteiger charge is 2.32. The number of hydrogen-bond donors (Lipinski definition) is 3. The van der Waals surface area contributed by atoms with Gasteiger partial charge in [0.2, 0.25) is 11.8 Å². The van der Waals surface area contributed by atoms with Gasteiger partial charge in [0.15, 0.2) is 0 Å². The molecule has 2 heterocycles. The average Bonchev–Trinajstić information content (AvgIpc) is 3.38. The minimum atomic E-state index is -4.44. The Morgan fingerprint density at radius 2 is 1.77 bits per heavy atom. The first-order chi connectivity index (χ1) is 19.0. The van der Waals surface area contributed by atoms with Crippen LogP contribution in [0.3, 0.4) is 0 Å². The zero-order valence-electron chi connectivity index (χ0n) is 22.3. The Balaban J connectivity index is 1.63. The predicted octanol–water partition coefficient (Wildman–Crippen LogP) is 6.26. The van der Waals surface area contributed by atoms with Crippen molar-refractivity contribution in [3.8, 4) is 5.88 Å². The largest absolute Gasteiger partial charge is 0.476 e. The lowest BCUT2D eigenvalue weighted by Gasteiger charge is -2.22. The molecule has 1 amide bonds. The normalized spacial score (nSPS) is 13.0. The number of hydrogen-bond acceptors (Lipinski definition) is 4. The molecule has 0 spiro atoms. The Morgan fingerprint density at radius 1 is 1.02 bits per heavy atom. The lowest BCUT2D eigenvalue weighted by molar-refractivity contribution is -0.123. The van der Waals surface area contributed by atoms with E-state index >= 15 is 0 Å². The molecule has 0 unspecified atom stereocenters. The van der Waals surface area contributed by atoms with Crippen molar-refractivity contribution in [2.45, 2.75) is 32.0 Å². The number of aromatic nitrogens is 2. The summed E-state index contributed by atoms with van der Waals surface area (Å²) in [5, 5.41) is 4.12. The molecule has 208 valence electrons. The number of alkyl halides is 3. The van der Waals surface area contributed by atoms with Gasteiger partial charge in [0.25, 0.3) is 0 Å². The second-order valence-electron chi connectivity index (χ2n) is 9.91. The number of rotatable bonds is 11. The lowest BCUT2D eigenvalue weighted by atomic mass is 9.88. The molecule has 0 aliphatic heterocycles. The molecule has 0 saturated carbocycles. The number of nitrogens with one attached hydrogen (secondary N) is 2. The molecule has 0 saturated heterocycles. The number of fused-ring (bicyclic) bond motifs is 1. The standard InChI is InChI=1S/C31H31F3N4O2/c1-30(2,14-12-27(35)39)38-16-17-40-28-11-9-24(20-37-28)25(19-31(32,33)34)29(21-6-4-3-5-7-21)23-8-10-26-22(18-23)13-15-36-26/h3-15,18,20,36,38H,16-17,19H2,1-2H3,(H2,35,39)/b14-12?,29-25+. The van der Waals surface area contributed by atoms with Crippen LogP contribution >= 0.6 is 0 Å². The molecule has 0 fully saturated rings. The molecule has 0 aliphatic carbocycles. The van der Waals surface area contributed by atoms with Crippen LogP contribution in [0.15, 0.2) is 91.3 Å². The number of allylic oxidation sites excluding steroid dienone is 1. The number of amides is 1. The summed E-state index contributed by atoms with van der Waals surface area (Å²) in [6, 6.07) is 19.7. The maximum absolute atomic E-state index is 13.9. The van der Waals surface area contributed by atoms with Gasteiger partial charge in [0, 0.05) is 42.1 Å². The fourth-order valence-electron chi connectivity index (χ4n) is 4.39. The summed E-state index contributed by atoms with van der Waals surface area (Å²) in [5.74, 6) is -0.243. The lowest BCUT2D eigenvalue weighted by Crippen LogP contribution is -2.40. The number of halogens is 3. The molecule has 6 nitrogen and oxygen atoms in total. The van der Waals surface area contributed by atoms with E-state index in [2.05, 4.69) is 15.3 Å². The molecular weight excluding hydrogens is 517 g/mol.